The maximum Gasteiger partial charge on any atom is 0.318 e. The minimum Gasteiger partial charge on any atom is -0.452 e. The molecule has 6 nitrogen and oxygen atoms in total. The number of nitrogens with one attached hydrogen (secondary N) is 1. The lowest BCUT2D eigenvalue weighted by Gasteiger charge is -2.58. The third-order valence-electron chi connectivity index (χ3n) is 5.32. The molecule has 4 aliphatic rings. The van der Waals surface area contributed by atoms with Crippen LogP contribution in [0.5, 0.6) is 0 Å². The van der Waals surface area contributed by atoms with Crippen LogP contribution in [0.3, 0.4) is 0 Å². The topological polar surface area (TPSA) is 98.5 Å². The van der Waals surface area contributed by atoms with Crippen LogP contribution < -0.4 is 11.1 Å². The molecule has 0 aromatic rings. The molecule has 3 amide bonds. The summed E-state index contributed by atoms with van der Waals surface area (Å²) >= 11 is 6.68. The molecule has 0 saturated heterocycles. The van der Waals surface area contributed by atoms with Gasteiger partial charge < -0.3 is 10.5 Å². The molecule has 4 bridgehead atoms. The molecule has 0 aliphatic heterocycles. The van der Waals surface area contributed by atoms with Crippen molar-refractivity contribution < 1.29 is 19.1 Å². The van der Waals surface area contributed by atoms with Crippen LogP contribution in [0.25, 0.3) is 0 Å². The molecule has 22 heavy (non-hydrogen) atoms. The van der Waals surface area contributed by atoms with E-state index in [4.69, 9.17) is 22.1 Å². The van der Waals surface area contributed by atoms with Crippen LogP contribution in [-0.2, 0) is 14.3 Å². The van der Waals surface area contributed by atoms with Crippen LogP contribution in [0, 0.1) is 17.3 Å². The molecule has 7 heteroatoms. The summed E-state index contributed by atoms with van der Waals surface area (Å²) in [7, 11) is 0. The second-order valence-corrected chi connectivity index (χ2v) is 8.10. The summed E-state index contributed by atoms with van der Waals surface area (Å²) in [6.45, 7) is 1.44. The predicted octanol–water partition coefficient (Wildman–Crippen LogP) is 1.69. The van der Waals surface area contributed by atoms with E-state index < -0.39 is 23.5 Å². The van der Waals surface area contributed by atoms with Gasteiger partial charge >= 0.3 is 12.0 Å². The Morgan fingerprint density at radius 2 is 1.82 bits per heavy atom. The summed E-state index contributed by atoms with van der Waals surface area (Å²) in [6.07, 6.45) is 4.25. The van der Waals surface area contributed by atoms with Gasteiger partial charge in [0, 0.05) is 4.87 Å². The molecular weight excluding hydrogens is 308 g/mol. The number of nitrogens with two attached hydrogens (primary N) is 1. The van der Waals surface area contributed by atoms with Gasteiger partial charge in [-0.2, -0.15) is 0 Å². The van der Waals surface area contributed by atoms with Crippen molar-refractivity contribution in [3.8, 4) is 0 Å². The van der Waals surface area contributed by atoms with E-state index in [1.165, 1.54) is 6.92 Å². The quantitative estimate of drug-likeness (QED) is 0.608. The molecule has 0 aromatic carbocycles. The molecule has 5 atom stereocenters. The lowest BCUT2D eigenvalue weighted by atomic mass is 9.49. The van der Waals surface area contributed by atoms with Crippen LogP contribution in [0.2, 0.25) is 0 Å². The van der Waals surface area contributed by atoms with Crippen molar-refractivity contribution in [2.24, 2.45) is 23.0 Å². The number of carbonyl (C=O) groups excluding carboxylic acids is 3. The summed E-state index contributed by atoms with van der Waals surface area (Å²) in [5, 5.41) is 1.93. The number of rotatable bonds is 3. The van der Waals surface area contributed by atoms with E-state index in [0.717, 1.165) is 32.1 Å². The fourth-order valence-corrected chi connectivity index (χ4v) is 5.64. The molecule has 0 radical (unpaired) electrons. The van der Waals surface area contributed by atoms with Crippen molar-refractivity contribution in [3.63, 3.8) is 0 Å². The summed E-state index contributed by atoms with van der Waals surface area (Å²) in [5.74, 6) is -0.119. The molecule has 0 aromatic heterocycles. The number of imide groups is 1. The predicted molar refractivity (Wildman–Crippen MR) is 79.0 cm³/mol. The highest BCUT2D eigenvalue weighted by Gasteiger charge is 2.61. The SMILES string of the molecule is C[C@H](OC(=O)C12C[C@@H]3C[C@@H](CC(Cl)(C3)C1)C2)C(=O)NC(N)=O. The van der Waals surface area contributed by atoms with Gasteiger partial charge in [-0.3, -0.25) is 14.9 Å². The Bertz CT molecular complexity index is 522. The average molecular weight is 329 g/mol. The standard InChI is InChI=1S/C15H21ClN2O4/c1-8(11(19)18-13(17)21)22-12(20)14-3-9-2-10(4-14)6-15(16,5-9)7-14/h8-10H,2-7H2,1H3,(H3,17,18,19,21)/t8-,9-,10+,14?,15?/m0/s1. The highest BCUT2D eigenvalue weighted by atomic mass is 35.5. The summed E-state index contributed by atoms with van der Waals surface area (Å²) in [6, 6.07) is -0.956. The summed E-state index contributed by atoms with van der Waals surface area (Å²) in [5.41, 5.74) is 4.33. The van der Waals surface area contributed by atoms with Crippen LogP contribution in [0.15, 0.2) is 0 Å². The maximum atomic E-state index is 12.7. The van der Waals surface area contributed by atoms with Gasteiger partial charge in [-0.15, -0.1) is 11.6 Å². The zero-order valence-corrected chi connectivity index (χ0v) is 13.3. The number of primary amides is 1. The Hall–Kier alpha value is -1.30. The van der Waals surface area contributed by atoms with Crippen LogP contribution in [0.1, 0.15) is 45.4 Å². The lowest BCUT2D eigenvalue weighted by molar-refractivity contribution is -0.177. The first-order valence-electron chi connectivity index (χ1n) is 7.72. The lowest BCUT2D eigenvalue weighted by Crippen LogP contribution is -2.57. The Labute approximate surface area is 134 Å². The van der Waals surface area contributed by atoms with Crippen LogP contribution >= 0.6 is 11.6 Å². The third-order valence-corrected chi connectivity index (χ3v) is 5.76. The minimum atomic E-state index is -1.04. The third kappa shape index (κ3) is 2.69. The largest absolute Gasteiger partial charge is 0.452 e. The zero-order valence-electron chi connectivity index (χ0n) is 12.6. The number of urea groups is 1. The fourth-order valence-electron chi connectivity index (χ4n) is 4.95. The fraction of sp³-hybridized carbons (Fsp3) is 0.800. The normalized spacial score (nSPS) is 40.1. The number of hydrogen-bond donors (Lipinski definition) is 2. The number of halogens is 1. The number of esters is 1. The number of alkyl halides is 1. The highest BCUT2D eigenvalue weighted by Crippen LogP contribution is 2.64. The van der Waals surface area contributed by atoms with Gasteiger partial charge in [0.15, 0.2) is 6.10 Å². The second-order valence-electron chi connectivity index (χ2n) is 7.29. The molecule has 4 aliphatic carbocycles. The first-order valence-corrected chi connectivity index (χ1v) is 8.09. The van der Waals surface area contributed by atoms with E-state index in [1.54, 1.807) is 0 Å². The Kier molecular flexibility index (Phi) is 3.62. The smallest absolute Gasteiger partial charge is 0.318 e. The first-order chi connectivity index (χ1) is 10.2. The molecule has 0 spiro atoms. The van der Waals surface area contributed by atoms with Gasteiger partial charge in [0.25, 0.3) is 5.91 Å². The number of amides is 3. The second kappa shape index (κ2) is 5.11. The van der Waals surface area contributed by atoms with E-state index in [1.807, 2.05) is 5.32 Å². The van der Waals surface area contributed by atoms with E-state index in [9.17, 15) is 14.4 Å². The number of ether oxygens (including phenoxy) is 1. The van der Waals surface area contributed by atoms with E-state index in [-0.39, 0.29) is 10.8 Å². The van der Waals surface area contributed by atoms with Gasteiger partial charge in [-0.25, -0.2) is 4.79 Å². The maximum absolute atomic E-state index is 12.7. The first kappa shape index (κ1) is 15.6. The van der Waals surface area contributed by atoms with Crippen molar-refractivity contribution >= 4 is 29.5 Å². The van der Waals surface area contributed by atoms with Crippen molar-refractivity contribution in [2.45, 2.75) is 56.4 Å². The van der Waals surface area contributed by atoms with Crippen molar-refractivity contribution in [3.05, 3.63) is 0 Å². The van der Waals surface area contributed by atoms with Crippen LogP contribution in [-0.4, -0.2) is 28.9 Å². The average Bonchev–Trinajstić information content (AvgIpc) is 2.34. The van der Waals surface area contributed by atoms with Crippen LogP contribution in [0.4, 0.5) is 4.79 Å². The molecule has 4 rings (SSSR count). The van der Waals surface area contributed by atoms with Gasteiger partial charge in [0.1, 0.15) is 0 Å². The number of hydrogen-bond acceptors (Lipinski definition) is 4. The molecule has 0 heterocycles. The van der Waals surface area contributed by atoms with E-state index in [0.29, 0.717) is 18.3 Å². The Morgan fingerprint density at radius 1 is 1.23 bits per heavy atom. The van der Waals surface area contributed by atoms with Crippen molar-refractivity contribution in [1.82, 2.24) is 5.32 Å². The molecule has 3 N–H and O–H groups in total. The van der Waals surface area contributed by atoms with Crippen molar-refractivity contribution in [1.29, 1.82) is 0 Å². The minimum absolute atomic E-state index is 0.290. The van der Waals surface area contributed by atoms with E-state index in [2.05, 4.69) is 0 Å². The summed E-state index contributed by atoms with van der Waals surface area (Å²) in [4.78, 5) is 34.7. The molecule has 2 unspecified atom stereocenters. The van der Waals surface area contributed by atoms with Gasteiger partial charge in [0.2, 0.25) is 0 Å². The molecule has 4 fully saturated rings. The Morgan fingerprint density at radius 3 is 2.32 bits per heavy atom. The highest BCUT2D eigenvalue weighted by molar-refractivity contribution is 6.24. The molecule has 4 saturated carbocycles. The Balaban J connectivity index is 1.70. The zero-order chi connectivity index (χ0) is 16.1. The van der Waals surface area contributed by atoms with Gasteiger partial charge in [-0.05, 0) is 57.3 Å². The molecular formula is C15H21ClN2O4. The monoisotopic (exact) mass is 328 g/mol. The van der Waals surface area contributed by atoms with E-state index >= 15 is 0 Å². The molecule has 122 valence electrons. The van der Waals surface area contributed by atoms with Gasteiger partial charge in [-0.1, -0.05) is 0 Å². The van der Waals surface area contributed by atoms with Gasteiger partial charge in [0.05, 0.1) is 5.41 Å². The summed E-state index contributed by atoms with van der Waals surface area (Å²) < 4.78 is 5.33. The number of carbonyl (C=O) groups is 3. The van der Waals surface area contributed by atoms with Crippen molar-refractivity contribution in [2.75, 3.05) is 0 Å².